The number of rotatable bonds is 7. The van der Waals surface area contributed by atoms with Gasteiger partial charge < -0.3 is 14.5 Å². The van der Waals surface area contributed by atoms with Crippen LogP contribution in [0.4, 0.5) is 4.79 Å². The number of ether oxygens (including phenoxy) is 1. The van der Waals surface area contributed by atoms with Crippen LogP contribution in [0.5, 0.6) is 0 Å². The topological polar surface area (TPSA) is 66.0 Å². The number of carbonyl (C=O) groups is 2. The van der Waals surface area contributed by atoms with Crippen LogP contribution in [0.25, 0.3) is 0 Å². The standard InChI is InChI=1S/C29H46N4O3S/c1-4-5-11-25-29(36-28(35)33(25)20-23-9-7-6-8-10-23)14-18-31(19-15-29)24-12-16-32(17-13-24)27(34)26-21(2)30-22(3)37-26/h23-25H,4-20H2,1-3H3. The summed E-state index contributed by atoms with van der Waals surface area (Å²) in [4.78, 5) is 38.2. The molecular formula is C29H46N4O3S. The van der Waals surface area contributed by atoms with Crippen molar-refractivity contribution in [2.45, 2.75) is 116 Å². The molecule has 4 heterocycles. The molecule has 0 N–H and O–H groups in total. The Morgan fingerprint density at radius 3 is 2.38 bits per heavy atom. The number of piperidine rings is 2. The molecule has 5 rings (SSSR count). The molecule has 1 atom stereocenters. The molecule has 1 spiro atoms. The van der Waals surface area contributed by atoms with Gasteiger partial charge >= 0.3 is 6.09 Å². The number of nitrogens with zero attached hydrogens (tertiary/aromatic N) is 4. The Morgan fingerprint density at radius 2 is 1.76 bits per heavy atom. The summed E-state index contributed by atoms with van der Waals surface area (Å²) in [5.41, 5.74) is 0.549. The third-order valence-electron chi connectivity index (χ3n) is 9.53. The van der Waals surface area contributed by atoms with E-state index in [0.29, 0.717) is 12.0 Å². The second-order valence-corrected chi connectivity index (χ2v) is 13.2. The van der Waals surface area contributed by atoms with Crippen molar-refractivity contribution in [3.8, 4) is 0 Å². The Kier molecular flexibility index (Phi) is 8.44. The molecule has 1 unspecified atom stereocenters. The largest absolute Gasteiger partial charge is 0.440 e. The highest BCUT2D eigenvalue weighted by atomic mass is 32.1. The summed E-state index contributed by atoms with van der Waals surface area (Å²) >= 11 is 1.51. The molecule has 3 aliphatic heterocycles. The molecule has 0 aromatic carbocycles. The van der Waals surface area contributed by atoms with E-state index in [1.54, 1.807) is 0 Å². The van der Waals surface area contributed by atoms with E-state index in [2.05, 4.69) is 21.7 Å². The average Bonchev–Trinajstić information content (AvgIpc) is 3.38. The summed E-state index contributed by atoms with van der Waals surface area (Å²) in [7, 11) is 0. The van der Waals surface area contributed by atoms with Crippen LogP contribution in [0.1, 0.15) is 104 Å². The summed E-state index contributed by atoms with van der Waals surface area (Å²) in [6.07, 6.45) is 13.7. The molecule has 4 aliphatic rings. The number of thiazole rings is 1. The van der Waals surface area contributed by atoms with Crippen molar-refractivity contribution in [2.75, 3.05) is 32.7 Å². The van der Waals surface area contributed by atoms with Gasteiger partial charge in [0.05, 0.1) is 16.7 Å². The smallest absolute Gasteiger partial charge is 0.410 e. The van der Waals surface area contributed by atoms with E-state index < -0.39 is 0 Å². The van der Waals surface area contributed by atoms with Crippen molar-refractivity contribution < 1.29 is 14.3 Å². The monoisotopic (exact) mass is 530 g/mol. The number of hydrogen-bond donors (Lipinski definition) is 0. The maximum Gasteiger partial charge on any atom is 0.410 e. The molecule has 1 aliphatic carbocycles. The first-order valence-corrected chi connectivity index (χ1v) is 15.7. The Balaban J connectivity index is 1.17. The normalized spacial score (nSPS) is 25.7. The van der Waals surface area contributed by atoms with Crippen LogP contribution in [0, 0.1) is 19.8 Å². The highest BCUT2D eigenvalue weighted by Crippen LogP contribution is 2.43. The summed E-state index contributed by atoms with van der Waals surface area (Å²) in [5.74, 6) is 0.792. The summed E-state index contributed by atoms with van der Waals surface area (Å²) in [6, 6.07) is 0.741. The third kappa shape index (κ3) is 5.70. The molecule has 8 heteroatoms. The molecule has 1 saturated carbocycles. The average molecular weight is 531 g/mol. The van der Waals surface area contributed by atoms with Crippen LogP contribution in [-0.2, 0) is 4.74 Å². The van der Waals surface area contributed by atoms with Gasteiger partial charge in [-0.3, -0.25) is 9.69 Å². The van der Waals surface area contributed by atoms with Gasteiger partial charge in [0, 0.05) is 51.6 Å². The predicted molar refractivity (Wildman–Crippen MR) is 147 cm³/mol. The van der Waals surface area contributed by atoms with Gasteiger partial charge in [0.1, 0.15) is 10.5 Å². The SMILES string of the molecule is CCCCC1N(CC2CCCCC2)C(=O)OC12CCN(C1CCN(C(=O)c3sc(C)nc3C)CC1)CC2. The molecule has 1 aromatic rings. The van der Waals surface area contributed by atoms with Crippen LogP contribution in [0.15, 0.2) is 0 Å². The van der Waals surface area contributed by atoms with Crippen molar-refractivity contribution in [3.05, 3.63) is 15.6 Å². The van der Waals surface area contributed by atoms with Crippen molar-refractivity contribution >= 4 is 23.3 Å². The Morgan fingerprint density at radius 1 is 1.05 bits per heavy atom. The fourth-order valence-electron chi connectivity index (χ4n) is 7.39. The van der Waals surface area contributed by atoms with E-state index in [-0.39, 0.29) is 23.6 Å². The molecule has 7 nitrogen and oxygen atoms in total. The Hall–Kier alpha value is -1.67. The van der Waals surface area contributed by atoms with Gasteiger partial charge in [0.2, 0.25) is 0 Å². The fourth-order valence-corrected chi connectivity index (χ4v) is 8.28. The van der Waals surface area contributed by atoms with Crippen LogP contribution in [-0.4, -0.2) is 82.1 Å². The van der Waals surface area contributed by atoms with Gasteiger partial charge in [0.25, 0.3) is 5.91 Å². The minimum Gasteiger partial charge on any atom is -0.440 e. The Labute approximate surface area is 226 Å². The van der Waals surface area contributed by atoms with Gasteiger partial charge in [-0.05, 0) is 51.9 Å². The van der Waals surface area contributed by atoms with Gasteiger partial charge in [-0.1, -0.05) is 39.0 Å². The molecule has 0 radical (unpaired) electrons. The molecule has 37 heavy (non-hydrogen) atoms. The van der Waals surface area contributed by atoms with Gasteiger partial charge in [-0.15, -0.1) is 11.3 Å². The first-order valence-electron chi connectivity index (χ1n) is 14.9. The highest BCUT2D eigenvalue weighted by molar-refractivity contribution is 7.13. The van der Waals surface area contributed by atoms with Crippen LogP contribution in [0.2, 0.25) is 0 Å². The van der Waals surface area contributed by atoms with E-state index in [9.17, 15) is 9.59 Å². The molecule has 206 valence electrons. The number of unbranched alkanes of at least 4 members (excludes halogenated alkanes) is 1. The maximum absolute atomic E-state index is 13.2. The van der Waals surface area contributed by atoms with Crippen LogP contribution < -0.4 is 0 Å². The zero-order chi connectivity index (χ0) is 26.0. The van der Waals surface area contributed by atoms with E-state index >= 15 is 0 Å². The zero-order valence-corrected chi connectivity index (χ0v) is 24.0. The lowest BCUT2D eigenvalue weighted by atomic mass is 9.80. The number of carbonyl (C=O) groups excluding carboxylic acids is 2. The van der Waals surface area contributed by atoms with Crippen molar-refractivity contribution in [2.24, 2.45) is 5.92 Å². The summed E-state index contributed by atoms with van der Waals surface area (Å²) in [6.45, 7) is 10.6. The minimum atomic E-state index is -0.310. The van der Waals surface area contributed by atoms with Crippen molar-refractivity contribution in [1.29, 1.82) is 0 Å². The molecule has 2 amide bonds. The lowest BCUT2D eigenvalue weighted by Crippen LogP contribution is -2.56. The van der Waals surface area contributed by atoms with Crippen LogP contribution in [0.3, 0.4) is 0 Å². The number of amides is 2. The maximum atomic E-state index is 13.2. The molecule has 3 saturated heterocycles. The summed E-state index contributed by atoms with van der Waals surface area (Å²) < 4.78 is 6.30. The number of likely N-dealkylation sites (tertiary alicyclic amines) is 2. The molecule has 1 aromatic heterocycles. The minimum absolute atomic E-state index is 0.0551. The van der Waals surface area contributed by atoms with E-state index in [4.69, 9.17) is 4.74 Å². The quantitative estimate of drug-likeness (QED) is 0.446. The fraction of sp³-hybridized carbons (Fsp3) is 0.828. The van der Waals surface area contributed by atoms with Crippen molar-refractivity contribution in [1.82, 2.24) is 19.7 Å². The van der Waals surface area contributed by atoms with E-state index in [1.165, 1.54) is 43.4 Å². The lowest BCUT2D eigenvalue weighted by Gasteiger charge is -2.46. The number of aryl methyl sites for hydroxylation is 2. The number of aromatic nitrogens is 1. The molecule has 0 bridgehead atoms. The van der Waals surface area contributed by atoms with Gasteiger partial charge in [0.15, 0.2) is 0 Å². The van der Waals surface area contributed by atoms with E-state index in [0.717, 1.165) is 93.2 Å². The third-order valence-corrected chi connectivity index (χ3v) is 10.6. The summed E-state index contributed by atoms with van der Waals surface area (Å²) in [5, 5.41) is 0.958. The second-order valence-electron chi connectivity index (χ2n) is 12.0. The lowest BCUT2D eigenvalue weighted by molar-refractivity contribution is -0.0385. The molecular weight excluding hydrogens is 484 g/mol. The highest BCUT2D eigenvalue weighted by Gasteiger charge is 2.55. The first-order chi connectivity index (χ1) is 17.9. The van der Waals surface area contributed by atoms with E-state index in [1.807, 2.05) is 18.7 Å². The number of hydrogen-bond acceptors (Lipinski definition) is 6. The zero-order valence-electron chi connectivity index (χ0n) is 23.2. The first kappa shape index (κ1) is 26.9. The predicted octanol–water partition coefficient (Wildman–Crippen LogP) is 5.79. The van der Waals surface area contributed by atoms with Crippen molar-refractivity contribution in [3.63, 3.8) is 0 Å². The Bertz CT molecular complexity index is 943. The van der Waals surface area contributed by atoms with Gasteiger partial charge in [-0.2, -0.15) is 0 Å². The molecule has 4 fully saturated rings. The van der Waals surface area contributed by atoms with Gasteiger partial charge in [-0.25, -0.2) is 9.78 Å². The second kappa shape index (κ2) is 11.6. The van der Waals surface area contributed by atoms with Crippen LogP contribution >= 0.6 is 11.3 Å².